The lowest BCUT2D eigenvalue weighted by Crippen LogP contribution is -2.26. The van der Waals surface area contributed by atoms with Crippen LogP contribution in [0, 0.1) is 0 Å². The molecule has 0 saturated heterocycles. The Labute approximate surface area is 126 Å². The molecule has 4 nitrogen and oxygen atoms in total. The van der Waals surface area contributed by atoms with Crippen molar-refractivity contribution in [1.82, 2.24) is 9.71 Å². The summed E-state index contributed by atoms with van der Waals surface area (Å²) < 4.78 is 63.6. The Hall–Kier alpha value is -1.93. The van der Waals surface area contributed by atoms with E-state index >= 15 is 0 Å². The zero-order valence-corrected chi connectivity index (χ0v) is 12.2. The van der Waals surface area contributed by atoms with E-state index in [1.54, 1.807) is 24.5 Å². The fourth-order valence-electron chi connectivity index (χ4n) is 1.79. The minimum atomic E-state index is -4.49. The van der Waals surface area contributed by atoms with E-state index in [1.165, 1.54) is 0 Å². The molecule has 0 saturated carbocycles. The minimum absolute atomic E-state index is 0.146. The van der Waals surface area contributed by atoms with E-state index in [1.807, 2.05) is 0 Å². The fraction of sp³-hybridized carbons (Fsp3) is 0.214. The van der Waals surface area contributed by atoms with Gasteiger partial charge in [0.05, 0.1) is 10.5 Å². The first-order valence-electron chi connectivity index (χ1n) is 6.35. The van der Waals surface area contributed by atoms with Crippen LogP contribution >= 0.6 is 0 Å². The lowest BCUT2D eigenvalue weighted by Gasteiger charge is -2.09. The number of alkyl halides is 3. The van der Waals surface area contributed by atoms with Gasteiger partial charge in [0.25, 0.3) is 0 Å². The van der Waals surface area contributed by atoms with Crippen LogP contribution in [0.2, 0.25) is 0 Å². The first-order valence-corrected chi connectivity index (χ1v) is 7.83. The monoisotopic (exact) mass is 330 g/mol. The summed E-state index contributed by atoms with van der Waals surface area (Å²) in [5, 5.41) is 0. The molecular weight excluding hydrogens is 317 g/mol. The van der Waals surface area contributed by atoms with Gasteiger partial charge in [-0.05, 0) is 48.4 Å². The molecule has 1 N–H and O–H groups in total. The van der Waals surface area contributed by atoms with E-state index in [0.717, 1.165) is 29.8 Å². The van der Waals surface area contributed by atoms with Gasteiger partial charge in [-0.3, -0.25) is 4.98 Å². The number of nitrogens with one attached hydrogen (secondary N) is 1. The number of benzene rings is 1. The van der Waals surface area contributed by atoms with Crippen molar-refractivity contribution in [3.8, 4) is 0 Å². The van der Waals surface area contributed by atoms with Crippen LogP contribution in [0.1, 0.15) is 11.1 Å². The average molecular weight is 330 g/mol. The Bertz CT molecular complexity index is 714. The highest BCUT2D eigenvalue weighted by Crippen LogP contribution is 2.29. The second-order valence-corrected chi connectivity index (χ2v) is 6.29. The van der Waals surface area contributed by atoms with Gasteiger partial charge in [-0.2, -0.15) is 13.2 Å². The smallest absolute Gasteiger partial charge is 0.265 e. The topological polar surface area (TPSA) is 59.1 Å². The standard InChI is InChI=1S/C14H13F3N2O2S/c15-14(16,17)12-1-3-13(4-2-12)22(20,21)19-10-7-11-5-8-18-9-6-11/h1-6,8-9,19H,7,10H2. The molecule has 0 amide bonds. The average Bonchev–Trinajstić information content (AvgIpc) is 2.47. The molecule has 0 fully saturated rings. The molecular formula is C14H13F3N2O2S. The van der Waals surface area contributed by atoms with Gasteiger partial charge >= 0.3 is 6.18 Å². The molecule has 1 heterocycles. The second-order valence-electron chi connectivity index (χ2n) is 4.53. The summed E-state index contributed by atoms with van der Waals surface area (Å²) in [4.78, 5) is 3.65. The molecule has 2 aromatic rings. The normalized spacial score (nSPS) is 12.3. The van der Waals surface area contributed by atoms with Crippen LogP contribution in [0.3, 0.4) is 0 Å². The maximum absolute atomic E-state index is 12.4. The maximum Gasteiger partial charge on any atom is 0.416 e. The highest BCUT2D eigenvalue weighted by atomic mass is 32.2. The van der Waals surface area contributed by atoms with Crippen molar-refractivity contribution in [2.45, 2.75) is 17.5 Å². The molecule has 22 heavy (non-hydrogen) atoms. The summed E-state index contributed by atoms with van der Waals surface area (Å²) in [6, 6.07) is 6.89. The molecule has 0 aliphatic carbocycles. The van der Waals surface area contributed by atoms with E-state index in [4.69, 9.17) is 0 Å². The highest BCUT2D eigenvalue weighted by molar-refractivity contribution is 7.89. The Morgan fingerprint density at radius 2 is 1.59 bits per heavy atom. The SMILES string of the molecule is O=S(=O)(NCCc1ccncc1)c1ccc(C(F)(F)F)cc1. The van der Waals surface area contributed by atoms with Crippen molar-refractivity contribution in [2.75, 3.05) is 6.54 Å². The number of hydrogen-bond donors (Lipinski definition) is 1. The van der Waals surface area contributed by atoms with Crippen LogP contribution in [0.4, 0.5) is 13.2 Å². The number of hydrogen-bond acceptors (Lipinski definition) is 3. The zero-order valence-electron chi connectivity index (χ0n) is 11.3. The van der Waals surface area contributed by atoms with E-state index in [2.05, 4.69) is 9.71 Å². The van der Waals surface area contributed by atoms with E-state index in [-0.39, 0.29) is 11.4 Å². The molecule has 8 heteroatoms. The molecule has 0 bridgehead atoms. The van der Waals surface area contributed by atoms with Crippen LogP contribution in [0.25, 0.3) is 0 Å². The van der Waals surface area contributed by atoms with Crippen LogP contribution in [0.15, 0.2) is 53.7 Å². The Morgan fingerprint density at radius 1 is 1.00 bits per heavy atom. The van der Waals surface area contributed by atoms with Gasteiger partial charge in [-0.25, -0.2) is 13.1 Å². The number of aromatic nitrogens is 1. The van der Waals surface area contributed by atoms with Crippen LogP contribution in [-0.2, 0) is 22.6 Å². The summed E-state index contributed by atoms with van der Waals surface area (Å²) in [6.07, 6.45) is -0.834. The Balaban J connectivity index is 2.01. The predicted octanol–water partition coefficient (Wildman–Crippen LogP) is 2.62. The Kier molecular flexibility index (Phi) is 4.82. The van der Waals surface area contributed by atoms with Crippen molar-refractivity contribution < 1.29 is 21.6 Å². The van der Waals surface area contributed by atoms with Crippen molar-refractivity contribution in [3.63, 3.8) is 0 Å². The lowest BCUT2D eigenvalue weighted by molar-refractivity contribution is -0.137. The lowest BCUT2D eigenvalue weighted by atomic mass is 10.2. The van der Waals surface area contributed by atoms with Crippen LogP contribution < -0.4 is 4.72 Å². The number of halogens is 3. The van der Waals surface area contributed by atoms with Gasteiger partial charge in [0.2, 0.25) is 10.0 Å². The number of nitrogens with zero attached hydrogens (tertiary/aromatic N) is 1. The van der Waals surface area contributed by atoms with Crippen LogP contribution in [0.5, 0.6) is 0 Å². The van der Waals surface area contributed by atoms with Crippen molar-refractivity contribution in [2.24, 2.45) is 0 Å². The third-order valence-corrected chi connectivity index (χ3v) is 4.42. The third-order valence-electron chi connectivity index (χ3n) is 2.95. The molecule has 0 atom stereocenters. The molecule has 2 rings (SSSR count). The molecule has 118 valence electrons. The van der Waals surface area contributed by atoms with Gasteiger partial charge in [0.1, 0.15) is 0 Å². The van der Waals surface area contributed by atoms with Gasteiger partial charge < -0.3 is 0 Å². The molecule has 0 unspecified atom stereocenters. The van der Waals surface area contributed by atoms with Crippen molar-refractivity contribution in [3.05, 3.63) is 59.9 Å². The largest absolute Gasteiger partial charge is 0.416 e. The van der Waals surface area contributed by atoms with Gasteiger partial charge in [0, 0.05) is 18.9 Å². The van der Waals surface area contributed by atoms with Gasteiger partial charge in [-0.15, -0.1) is 0 Å². The summed E-state index contributed by atoms with van der Waals surface area (Å²) in [6.45, 7) is 0.146. The minimum Gasteiger partial charge on any atom is -0.265 e. The summed E-state index contributed by atoms with van der Waals surface area (Å²) in [7, 11) is -3.83. The van der Waals surface area contributed by atoms with E-state index in [0.29, 0.717) is 6.42 Å². The first kappa shape index (κ1) is 16.4. The second kappa shape index (κ2) is 6.45. The predicted molar refractivity (Wildman–Crippen MR) is 74.6 cm³/mol. The molecule has 0 aliphatic heterocycles. The summed E-state index contributed by atoms with van der Waals surface area (Å²) in [5.41, 5.74) is 0.0216. The number of pyridine rings is 1. The molecule has 0 aliphatic rings. The molecule has 0 spiro atoms. The molecule has 1 aromatic carbocycles. The fourth-order valence-corrected chi connectivity index (χ4v) is 2.82. The molecule has 1 aromatic heterocycles. The Morgan fingerprint density at radius 3 is 2.14 bits per heavy atom. The van der Waals surface area contributed by atoms with Gasteiger partial charge in [-0.1, -0.05) is 0 Å². The third kappa shape index (κ3) is 4.28. The summed E-state index contributed by atoms with van der Waals surface area (Å²) >= 11 is 0. The maximum atomic E-state index is 12.4. The quantitative estimate of drug-likeness (QED) is 0.917. The number of rotatable bonds is 5. The van der Waals surface area contributed by atoms with Crippen molar-refractivity contribution in [1.29, 1.82) is 0 Å². The van der Waals surface area contributed by atoms with Gasteiger partial charge in [0.15, 0.2) is 0 Å². The molecule has 0 radical (unpaired) electrons. The highest BCUT2D eigenvalue weighted by Gasteiger charge is 2.30. The number of sulfonamides is 1. The van der Waals surface area contributed by atoms with E-state index < -0.39 is 21.8 Å². The first-order chi connectivity index (χ1) is 10.3. The van der Waals surface area contributed by atoms with E-state index in [9.17, 15) is 21.6 Å². The van der Waals surface area contributed by atoms with Crippen LogP contribution in [-0.4, -0.2) is 19.9 Å². The summed E-state index contributed by atoms with van der Waals surface area (Å²) in [5.74, 6) is 0. The van der Waals surface area contributed by atoms with Crippen molar-refractivity contribution >= 4 is 10.0 Å². The zero-order chi connectivity index (χ0) is 16.2.